The minimum Gasteiger partial charge on any atom is -0.333 e. The van der Waals surface area contributed by atoms with E-state index in [0.29, 0.717) is 35.8 Å². The van der Waals surface area contributed by atoms with Crippen LogP contribution in [0.5, 0.6) is 0 Å². The molecule has 0 fully saturated rings. The first-order chi connectivity index (χ1) is 17.6. The summed E-state index contributed by atoms with van der Waals surface area (Å²) >= 11 is 1.33. The zero-order valence-electron chi connectivity index (χ0n) is 20.9. The SMILES string of the molecule is [C-]#[N+]c1cc2c(s1)CN(C(=O)/C=C/CCN(C)C)C[C@H]2c1ccccc1-c1cn(CC)nc1C(F)(F)F. The third-order valence-electron chi connectivity index (χ3n) is 6.35. The predicted molar refractivity (Wildman–Crippen MR) is 138 cm³/mol. The summed E-state index contributed by atoms with van der Waals surface area (Å²) in [5.41, 5.74) is 1.08. The van der Waals surface area contributed by atoms with Crippen LogP contribution >= 0.6 is 11.3 Å². The molecule has 1 aliphatic heterocycles. The molecule has 0 spiro atoms. The van der Waals surface area contributed by atoms with Crippen LogP contribution in [-0.2, 0) is 24.1 Å². The molecular formula is C27H28F3N5OS. The number of rotatable bonds is 7. The maximum atomic E-state index is 13.9. The van der Waals surface area contributed by atoms with Gasteiger partial charge in [0.25, 0.3) is 0 Å². The van der Waals surface area contributed by atoms with Gasteiger partial charge in [-0.3, -0.25) is 9.48 Å². The molecule has 10 heteroatoms. The minimum absolute atomic E-state index is 0.0131. The third-order valence-corrected chi connectivity index (χ3v) is 7.38. The molecule has 0 N–H and O–H groups in total. The van der Waals surface area contributed by atoms with Crippen LogP contribution in [0.1, 0.15) is 41.0 Å². The fraction of sp³-hybridized carbons (Fsp3) is 0.370. The van der Waals surface area contributed by atoms with Crippen LogP contribution in [0.2, 0.25) is 0 Å². The number of hydrogen-bond donors (Lipinski definition) is 0. The smallest absolute Gasteiger partial charge is 0.333 e. The molecule has 37 heavy (non-hydrogen) atoms. The Morgan fingerprint density at radius 1 is 1.27 bits per heavy atom. The highest BCUT2D eigenvalue weighted by molar-refractivity contribution is 7.16. The fourth-order valence-corrected chi connectivity index (χ4v) is 5.57. The molecule has 4 rings (SSSR count). The molecule has 1 atom stereocenters. The predicted octanol–water partition coefficient (Wildman–Crippen LogP) is 6.18. The highest BCUT2D eigenvalue weighted by atomic mass is 32.1. The number of thiophene rings is 1. The van der Waals surface area contributed by atoms with Gasteiger partial charge in [0.2, 0.25) is 10.9 Å². The number of carbonyl (C=O) groups excluding carboxylic acids is 1. The number of amides is 1. The molecule has 1 amide bonds. The summed E-state index contributed by atoms with van der Waals surface area (Å²) in [7, 11) is 3.92. The van der Waals surface area contributed by atoms with Crippen LogP contribution in [0, 0.1) is 6.57 Å². The van der Waals surface area contributed by atoms with Crippen LogP contribution < -0.4 is 0 Å². The third kappa shape index (κ3) is 5.78. The van der Waals surface area contributed by atoms with Crippen molar-refractivity contribution in [3.63, 3.8) is 0 Å². The van der Waals surface area contributed by atoms with Crippen molar-refractivity contribution < 1.29 is 18.0 Å². The number of nitrogens with zero attached hydrogens (tertiary/aromatic N) is 5. The van der Waals surface area contributed by atoms with Gasteiger partial charge in [0, 0.05) is 42.2 Å². The number of aromatic nitrogens is 2. The quantitative estimate of drug-likeness (QED) is 0.272. The van der Waals surface area contributed by atoms with Crippen molar-refractivity contribution in [2.75, 3.05) is 27.2 Å². The van der Waals surface area contributed by atoms with Crippen LogP contribution in [-0.4, -0.2) is 52.7 Å². The van der Waals surface area contributed by atoms with Crippen molar-refractivity contribution >= 4 is 22.2 Å². The first-order valence-electron chi connectivity index (χ1n) is 12.0. The van der Waals surface area contributed by atoms with E-state index in [-0.39, 0.29) is 17.4 Å². The maximum Gasteiger partial charge on any atom is 0.435 e. The van der Waals surface area contributed by atoms with E-state index < -0.39 is 11.9 Å². The molecule has 2 aromatic heterocycles. The molecule has 0 radical (unpaired) electrons. The van der Waals surface area contributed by atoms with Gasteiger partial charge in [-0.2, -0.15) is 29.6 Å². The van der Waals surface area contributed by atoms with Crippen molar-refractivity contribution in [1.29, 1.82) is 0 Å². The first-order valence-corrected chi connectivity index (χ1v) is 12.8. The molecule has 0 aliphatic carbocycles. The lowest BCUT2D eigenvalue weighted by Crippen LogP contribution is -2.37. The lowest BCUT2D eigenvalue weighted by atomic mass is 9.84. The number of aryl methyl sites for hydroxylation is 1. The molecule has 6 nitrogen and oxygen atoms in total. The second-order valence-corrected chi connectivity index (χ2v) is 10.3. The molecule has 194 valence electrons. The van der Waals surface area contributed by atoms with Crippen LogP contribution in [0.3, 0.4) is 0 Å². The second kappa shape index (κ2) is 10.9. The summed E-state index contributed by atoms with van der Waals surface area (Å²) < 4.78 is 43.1. The molecule has 3 aromatic rings. The molecule has 0 unspecified atom stereocenters. The lowest BCUT2D eigenvalue weighted by Gasteiger charge is -2.34. The number of hydrogen-bond acceptors (Lipinski definition) is 4. The molecule has 1 aromatic carbocycles. The molecule has 3 heterocycles. The number of benzene rings is 1. The van der Waals surface area contributed by atoms with E-state index >= 15 is 0 Å². The first kappa shape index (κ1) is 26.6. The average Bonchev–Trinajstić information content (AvgIpc) is 3.50. The second-order valence-electron chi connectivity index (χ2n) is 9.17. The molecule has 0 bridgehead atoms. The Morgan fingerprint density at radius 2 is 2.03 bits per heavy atom. The zero-order chi connectivity index (χ0) is 26.7. The van der Waals surface area contributed by atoms with Gasteiger partial charge in [-0.1, -0.05) is 30.3 Å². The van der Waals surface area contributed by atoms with E-state index in [0.717, 1.165) is 23.4 Å². The topological polar surface area (TPSA) is 45.7 Å². The average molecular weight is 528 g/mol. The molecule has 0 saturated carbocycles. The van der Waals surface area contributed by atoms with Gasteiger partial charge in [0.05, 0.1) is 13.1 Å². The summed E-state index contributed by atoms with van der Waals surface area (Å²) in [5, 5.41) is 4.30. The Bertz CT molecular complexity index is 1350. The van der Waals surface area contributed by atoms with Crippen molar-refractivity contribution in [2.45, 2.75) is 38.5 Å². The van der Waals surface area contributed by atoms with Gasteiger partial charge in [-0.25, -0.2) is 4.85 Å². The van der Waals surface area contributed by atoms with Crippen molar-refractivity contribution in [2.24, 2.45) is 0 Å². The number of fused-ring (bicyclic) bond motifs is 1. The minimum atomic E-state index is -4.61. The number of halogens is 3. The molecular weight excluding hydrogens is 499 g/mol. The summed E-state index contributed by atoms with van der Waals surface area (Å²) in [4.78, 5) is 21.3. The molecule has 0 saturated heterocycles. The fourth-order valence-electron chi connectivity index (χ4n) is 4.55. The normalized spacial score (nSPS) is 15.8. The Kier molecular flexibility index (Phi) is 7.85. The monoisotopic (exact) mass is 527 g/mol. The van der Waals surface area contributed by atoms with E-state index in [1.165, 1.54) is 22.2 Å². The van der Waals surface area contributed by atoms with Gasteiger partial charge in [-0.15, -0.1) is 0 Å². The highest BCUT2D eigenvalue weighted by Gasteiger charge is 2.39. The van der Waals surface area contributed by atoms with Gasteiger partial charge in [0.1, 0.15) is 0 Å². The van der Waals surface area contributed by atoms with Crippen molar-refractivity contribution in [1.82, 2.24) is 19.6 Å². The highest BCUT2D eigenvalue weighted by Crippen LogP contribution is 2.45. The molecule has 1 aliphatic rings. The van der Waals surface area contributed by atoms with E-state index in [1.54, 1.807) is 36.1 Å². The van der Waals surface area contributed by atoms with E-state index in [4.69, 9.17) is 6.57 Å². The van der Waals surface area contributed by atoms with Gasteiger partial charge < -0.3 is 9.80 Å². The number of carbonyl (C=O) groups is 1. The largest absolute Gasteiger partial charge is 0.435 e. The Morgan fingerprint density at radius 3 is 2.70 bits per heavy atom. The summed E-state index contributed by atoms with van der Waals surface area (Å²) in [6.45, 7) is 11.0. The standard InChI is InChI=1S/C27H28F3N5OS/c1-5-35-16-22(26(32-35)27(28,29)30)19-11-7-6-10-18(19)21-15-34(25(36)12-8-9-13-33(3)4)17-23-20(21)14-24(31-2)37-23/h6-8,10-12,14,16,21H,5,9,13,15,17H2,1,3-4H3/b12-8+/t21-/m0/s1. The Labute approximate surface area is 218 Å². The van der Waals surface area contributed by atoms with E-state index in [2.05, 4.69) is 9.94 Å². The number of alkyl halides is 3. The van der Waals surface area contributed by atoms with E-state index in [9.17, 15) is 18.0 Å². The van der Waals surface area contributed by atoms with Gasteiger partial charge in [-0.05, 0) is 56.3 Å². The van der Waals surface area contributed by atoms with Gasteiger partial charge in [0.15, 0.2) is 5.69 Å². The Hall–Kier alpha value is -3.42. The maximum absolute atomic E-state index is 13.9. The summed E-state index contributed by atoms with van der Waals surface area (Å²) in [6, 6.07) is 8.79. The van der Waals surface area contributed by atoms with E-state index in [1.807, 2.05) is 37.2 Å². The Balaban J connectivity index is 1.77. The van der Waals surface area contributed by atoms with Gasteiger partial charge >= 0.3 is 6.18 Å². The lowest BCUT2D eigenvalue weighted by molar-refractivity contribution is -0.141. The van der Waals surface area contributed by atoms with Crippen molar-refractivity contribution in [3.05, 3.63) is 81.8 Å². The van der Waals surface area contributed by atoms with Crippen LogP contribution in [0.25, 0.3) is 16.0 Å². The van der Waals surface area contributed by atoms with Crippen LogP contribution in [0.15, 0.2) is 48.7 Å². The summed E-state index contributed by atoms with van der Waals surface area (Å²) in [6.07, 6.45) is 0.953. The summed E-state index contributed by atoms with van der Waals surface area (Å²) in [5.74, 6) is -0.531. The van der Waals surface area contributed by atoms with Crippen LogP contribution in [0.4, 0.5) is 18.2 Å². The zero-order valence-corrected chi connectivity index (χ0v) is 21.7. The van der Waals surface area contributed by atoms with Crippen molar-refractivity contribution in [3.8, 4) is 11.1 Å².